The summed E-state index contributed by atoms with van der Waals surface area (Å²) in [6.07, 6.45) is 1.36. The van der Waals surface area contributed by atoms with Crippen molar-refractivity contribution in [2.75, 3.05) is 12.1 Å². The van der Waals surface area contributed by atoms with Crippen LogP contribution in [-0.2, 0) is 4.57 Å². The molecule has 22 heavy (non-hydrogen) atoms. The zero-order chi connectivity index (χ0) is 15.9. The van der Waals surface area contributed by atoms with Crippen molar-refractivity contribution in [3.8, 4) is 11.2 Å². The number of hydrogen-bond acceptors (Lipinski definition) is 7. The van der Waals surface area contributed by atoms with Crippen LogP contribution in [0.1, 0.15) is 24.3 Å². The molecule has 3 rings (SSSR count). The van der Waals surface area contributed by atoms with E-state index in [4.69, 9.17) is 25.5 Å². The van der Waals surface area contributed by atoms with E-state index in [1.807, 2.05) is 5.40 Å². The number of aromatic nitrogens is 1. The van der Waals surface area contributed by atoms with Crippen molar-refractivity contribution in [2.45, 2.75) is 23.7 Å². The van der Waals surface area contributed by atoms with E-state index in [1.165, 1.54) is 11.3 Å². The Balaban J connectivity index is 2.13. The monoisotopic (exact) mass is 357 g/mol. The lowest BCUT2D eigenvalue weighted by molar-refractivity contribution is 0.302. The number of benzene rings is 1. The Morgan fingerprint density at radius 1 is 1.59 bits per heavy atom. The van der Waals surface area contributed by atoms with Gasteiger partial charge in [0.25, 0.3) is 0 Å². The second-order valence-corrected chi connectivity index (χ2v) is 8.37. The summed E-state index contributed by atoms with van der Waals surface area (Å²) in [7, 11) is -4.30. The average molecular weight is 357 g/mol. The standard InChI is InChI=1S/C12H12N3O4PS2/c13-4-21-8-3-7(19-5-20(16,17)18)10-11(22-12(14)15-10)9(8)6-1-2-6/h3,6H,1-2,5H2,(H2,14,15)(H2,16,17,18). The van der Waals surface area contributed by atoms with Crippen molar-refractivity contribution in [3.05, 3.63) is 11.6 Å². The van der Waals surface area contributed by atoms with E-state index < -0.39 is 13.9 Å². The number of fused-ring (bicyclic) bond motifs is 1. The first-order chi connectivity index (χ1) is 10.4. The molecule has 2 aromatic rings. The third kappa shape index (κ3) is 3.21. The van der Waals surface area contributed by atoms with Crippen LogP contribution in [0.4, 0.5) is 5.13 Å². The summed E-state index contributed by atoms with van der Waals surface area (Å²) in [6, 6.07) is 1.62. The first-order valence-electron chi connectivity index (χ1n) is 6.35. The van der Waals surface area contributed by atoms with Crippen LogP contribution in [-0.4, -0.2) is 21.1 Å². The molecule has 0 aliphatic heterocycles. The Morgan fingerprint density at radius 3 is 2.91 bits per heavy atom. The first kappa shape index (κ1) is 15.6. The predicted molar refractivity (Wildman–Crippen MR) is 85.0 cm³/mol. The van der Waals surface area contributed by atoms with Crippen LogP contribution < -0.4 is 10.5 Å². The van der Waals surface area contributed by atoms with Gasteiger partial charge in [0, 0.05) is 4.90 Å². The summed E-state index contributed by atoms with van der Waals surface area (Å²) >= 11 is 2.32. The Labute approximate surface area is 134 Å². The van der Waals surface area contributed by atoms with Crippen LogP contribution in [0.2, 0.25) is 0 Å². The Hall–Kier alpha value is -1.30. The van der Waals surface area contributed by atoms with Gasteiger partial charge in [-0.3, -0.25) is 4.57 Å². The minimum Gasteiger partial charge on any atom is -0.479 e. The van der Waals surface area contributed by atoms with Gasteiger partial charge >= 0.3 is 7.60 Å². The fourth-order valence-electron chi connectivity index (χ4n) is 2.22. The molecule has 7 nitrogen and oxygen atoms in total. The lowest BCUT2D eigenvalue weighted by atomic mass is 10.1. The number of rotatable bonds is 5. The second kappa shape index (κ2) is 5.72. The second-order valence-electron chi connectivity index (χ2n) is 4.92. The zero-order valence-corrected chi connectivity index (χ0v) is 13.7. The van der Waals surface area contributed by atoms with Gasteiger partial charge in [-0.05, 0) is 42.2 Å². The molecule has 1 saturated carbocycles. The van der Waals surface area contributed by atoms with Crippen LogP contribution >= 0.6 is 30.7 Å². The molecule has 1 aliphatic carbocycles. The number of nitrogens with zero attached hydrogens (tertiary/aromatic N) is 2. The van der Waals surface area contributed by atoms with Gasteiger partial charge in [-0.1, -0.05) is 11.3 Å². The van der Waals surface area contributed by atoms with Crippen LogP contribution in [0.3, 0.4) is 0 Å². The van der Waals surface area contributed by atoms with E-state index in [-0.39, 0.29) is 5.75 Å². The van der Waals surface area contributed by atoms with Gasteiger partial charge in [0.05, 0.1) is 4.70 Å². The molecule has 0 saturated heterocycles. The molecule has 1 aromatic carbocycles. The van der Waals surface area contributed by atoms with E-state index in [1.54, 1.807) is 6.07 Å². The topological polar surface area (TPSA) is 129 Å². The van der Waals surface area contributed by atoms with E-state index in [2.05, 4.69) is 4.98 Å². The molecule has 4 N–H and O–H groups in total. The van der Waals surface area contributed by atoms with Gasteiger partial charge in [-0.25, -0.2) is 4.98 Å². The number of thiocyanates is 1. The van der Waals surface area contributed by atoms with Crippen LogP contribution in [0, 0.1) is 10.7 Å². The maximum absolute atomic E-state index is 11.0. The number of ether oxygens (including phenoxy) is 1. The number of anilines is 1. The molecule has 0 amide bonds. The van der Waals surface area contributed by atoms with Gasteiger partial charge in [0.15, 0.2) is 11.5 Å². The largest absolute Gasteiger partial charge is 0.479 e. The molecule has 0 radical (unpaired) electrons. The van der Waals surface area contributed by atoms with Crippen molar-refractivity contribution in [1.82, 2.24) is 4.98 Å². The molecule has 0 atom stereocenters. The highest BCUT2D eigenvalue weighted by atomic mass is 32.2. The molecule has 116 valence electrons. The number of nitriles is 1. The van der Waals surface area contributed by atoms with Gasteiger partial charge in [-0.15, -0.1) is 0 Å². The Kier molecular flexibility index (Phi) is 4.05. The summed E-state index contributed by atoms with van der Waals surface area (Å²) in [4.78, 5) is 22.9. The van der Waals surface area contributed by atoms with Gasteiger partial charge in [0.1, 0.15) is 16.7 Å². The van der Waals surface area contributed by atoms with E-state index in [9.17, 15) is 4.57 Å². The Bertz CT molecular complexity index is 822. The number of nitrogens with two attached hydrogens (primary N) is 1. The summed E-state index contributed by atoms with van der Waals surface area (Å²) in [5.74, 6) is 0.627. The SMILES string of the molecule is N#CSc1cc(OCP(=O)(O)O)c2nc(N)sc2c1C1CC1. The minimum atomic E-state index is -4.30. The maximum Gasteiger partial charge on any atom is 0.362 e. The number of thioether (sulfide) groups is 1. The Morgan fingerprint density at radius 2 is 2.32 bits per heavy atom. The number of nitrogen functional groups attached to an aromatic ring is 1. The molecule has 1 aromatic heterocycles. The minimum absolute atomic E-state index is 0.244. The summed E-state index contributed by atoms with van der Waals surface area (Å²) in [5, 5.41) is 11.4. The van der Waals surface area contributed by atoms with Crippen LogP contribution in [0.15, 0.2) is 11.0 Å². The third-order valence-electron chi connectivity index (χ3n) is 3.18. The molecular formula is C12H12N3O4PS2. The average Bonchev–Trinajstić information content (AvgIpc) is 3.16. The van der Waals surface area contributed by atoms with Crippen molar-refractivity contribution in [1.29, 1.82) is 5.26 Å². The molecular weight excluding hydrogens is 345 g/mol. The highest BCUT2D eigenvalue weighted by molar-refractivity contribution is 8.03. The van der Waals surface area contributed by atoms with Gasteiger partial charge < -0.3 is 20.3 Å². The van der Waals surface area contributed by atoms with Crippen molar-refractivity contribution in [2.24, 2.45) is 0 Å². The summed E-state index contributed by atoms with van der Waals surface area (Å²) in [5.41, 5.74) is 7.32. The molecule has 1 heterocycles. The number of thiazole rings is 1. The lowest BCUT2D eigenvalue weighted by Crippen LogP contribution is -2.00. The molecule has 10 heteroatoms. The highest BCUT2D eigenvalue weighted by Gasteiger charge is 2.31. The molecule has 1 fully saturated rings. The summed E-state index contributed by atoms with van der Waals surface area (Å²) < 4.78 is 17.1. The molecule has 0 unspecified atom stereocenters. The van der Waals surface area contributed by atoms with Crippen LogP contribution in [0.25, 0.3) is 10.2 Å². The van der Waals surface area contributed by atoms with Gasteiger partial charge in [0.2, 0.25) is 0 Å². The summed E-state index contributed by atoms with van der Waals surface area (Å²) in [6.45, 7) is 0. The third-order valence-corrected chi connectivity index (χ3v) is 5.21. The smallest absolute Gasteiger partial charge is 0.362 e. The fraction of sp³-hybridized carbons (Fsp3) is 0.333. The maximum atomic E-state index is 11.0. The van der Waals surface area contributed by atoms with Crippen molar-refractivity contribution in [3.63, 3.8) is 0 Å². The molecule has 0 bridgehead atoms. The number of hydrogen-bond donors (Lipinski definition) is 3. The predicted octanol–water partition coefficient (Wildman–Crippen LogP) is 2.84. The zero-order valence-electron chi connectivity index (χ0n) is 11.2. The fourth-order valence-corrected chi connectivity index (χ4v) is 4.21. The van der Waals surface area contributed by atoms with E-state index >= 15 is 0 Å². The van der Waals surface area contributed by atoms with Crippen LogP contribution in [0.5, 0.6) is 5.75 Å². The van der Waals surface area contributed by atoms with Crippen molar-refractivity contribution >= 4 is 46.0 Å². The normalized spacial score (nSPS) is 15.0. The highest BCUT2D eigenvalue weighted by Crippen LogP contribution is 2.51. The van der Waals surface area contributed by atoms with Crippen molar-refractivity contribution < 1.29 is 19.1 Å². The molecule has 1 aliphatic rings. The van der Waals surface area contributed by atoms with Gasteiger partial charge in [-0.2, -0.15) is 5.26 Å². The lowest BCUT2D eigenvalue weighted by Gasteiger charge is -2.12. The first-order valence-corrected chi connectivity index (χ1v) is 9.78. The van der Waals surface area contributed by atoms with E-state index in [0.717, 1.165) is 39.8 Å². The quantitative estimate of drug-likeness (QED) is 0.423. The molecule has 0 spiro atoms. The van der Waals surface area contributed by atoms with E-state index in [0.29, 0.717) is 16.6 Å².